The molecule has 58 valence electrons. The van der Waals surface area contributed by atoms with Crippen LogP contribution in [0.2, 0.25) is 0 Å². The quantitative estimate of drug-likeness (QED) is 0.439. The maximum absolute atomic E-state index is 5.19. The number of allylic oxidation sites excluding steroid dienone is 1. The highest BCUT2D eigenvalue weighted by Gasteiger charge is 2.29. The van der Waals surface area contributed by atoms with Crippen molar-refractivity contribution in [3.8, 4) is 0 Å². The van der Waals surface area contributed by atoms with Gasteiger partial charge in [-0.1, -0.05) is 13.0 Å². The van der Waals surface area contributed by atoms with Crippen LogP contribution in [-0.4, -0.2) is 19.3 Å². The van der Waals surface area contributed by atoms with Crippen molar-refractivity contribution in [1.29, 1.82) is 0 Å². The van der Waals surface area contributed by atoms with Gasteiger partial charge in [0.15, 0.2) is 0 Å². The third-order valence-corrected chi connectivity index (χ3v) is 1.59. The minimum Gasteiger partial charge on any atom is -0.501 e. The Morgan fingerprint density at radius 1 is 1.80 bits per heavy atom. The molecule has 2 unspecified atom stereocenters. The van der Waals surface area contributed by atoms with Gasteiger partial charge >= 0.3 is 0 Å². The summed E-state index contributed by atoms with van der Waals surface area (Å²) < 4.78 is 10.3. The Hall–Kier alpha value is -0.500. The fourth-order valence-corrected chi connectivity index (χ4v) is 0.795. The molecular weight excluding hydrogens is 128 g/mol. The van der Waals surface area contributed by atoms with Crippen molar-refractivity contribution < 1.29 is 9.47 Å². The second-order valence-electron chi connectivity index (χ2n) is 2.65. The molecule has 0 radical (unpaired) electrons. The lowest BCUT2D eigenvalue weighted by Gasteiger charge is -2.05. The maximum atomic E-state index is 5.19. The van der Waals surface area contributed by atoms with E-state index in [1.807, 2.05) is 13.0 Å². The molecule has 2 atom stereocenters. The molecule has 0 amide bonds. The van der Waals surface area contributed by atoms with Crippen LogP contribution in [0, 0.1) is 5.92 Å². The van der Waals surface area contributed by atoms with E-state index in [1.165, 1.54) is 0 Å². The van der Waals surface area contributed by atoms with E-state index in [9.17, 15) is 0 Å². The van der Waals surface area contributed by atoms with Crippen LogP contribution in [0.25, 0.3) is 0 Å². The van der Waals surface area contributed by atoms with Crippen molar-refractivity contribution >= 4 is 0 Å². The van der Waals surface area contributed by atoms with Gasteiger partial charge in [0, 0.05) is 5.92 Å². The highest BCUT2D eigenvalue weighted by Crippen LogP contribution is 2.19. The Kier molecular flexibility index (Phi) is 2.75. The van der Waals surface area contributed by atoms with Gasteiger partial charge in [0.1, 0.15) is 0 Å². The predicted molar refractivity (Wildman–Crippen MR) is 39.7 cm³/mol. The van der Waals surface area contributed by atoms with Crippen molar-refractivity contribution in [3.63, 3.8) is 0 Å². The number of epoxide rings is 1. The van der Waals surface area contributed by atoms with Crippen molar-refractivity contribution in [2.75, 3.05) is 13.2 Å². The summed E-state index contributed by atoms with van der Waals surface area (Å²) in [5.41, 5.74) is 0. The zero-order valence-electron chi connectivity index (χ0n) is 6.54. The van der Waals surface area contributed by atoms with Crippen molar-refractivity contribution in [2.45, 2.75) is 20.0 Å². The fourth-order valence-electron chi connectivity index (χ4n) is 0.795. The lowest BCUT2D eigenvalue weighted by molar-refractivity contribution is 0.179. The first kappa shape index (κ1) is 7.61. The zero-order chi connectivity index (χ0) is 7.40. The maximum Gasteiger partial charge on any atom is 0.0924 e. The Labute approximate surface area is 61.8 Å². The van der Waals surface area contributed by atoms with E-state index in [4.69, 9.17) is 9.47 Å². The summed E-state index contributed by atoms with van der Waals surface area (Å²) in [6.07, 6.45) is 4.07. The summed E-state index contributed by atoms with van der Waals surface area (Å²) >= 11 is 0. The first-order valence-electron chi connectivity index (χ1n) is 3.69. The topological polar surface area (TPSA) is 21.8 Å². The van der Waals surface area contributed by atoms with Crippen LogP contribution in [0.3, 0.4) is 0 Å². The molecule has 1 fully saturated rings. The van der Waals surface area contributed by atoms with Gasteiger partial charge in [-0.3, -0.25) is 0 Å². The van der Waals surface area contributed by atoms with Gasteiger partial charge in [-0.2, -0.15) is 0 Å². The Balaban J connectivity index is 2.00. The van der Waals surface area contributed by atoms with Gasteiger partial charge in [0.2, 0.25) is 0 Å². The summed E-state index contributed by atoms with van der Waals surface area (Å²) in [6, 6.07) is 0. The zero-order valence-corrected chi connectivity index (χ0v) is 6.54. The molecule has 0 aromatic carbocycles. The molecule has 1 aliphatic rings. The van der Waals surface area contributed by atoms with E-state index in [1.54, 1.807) is 6.26 Å². The minimum absolute atomic E-state index is 0.463. The summed E-state index contributed by atoms with van der Waals surface area (Å²) in [4.78, 5) is 0. The Morgan fingerprint density at radius 3 is 3.00 bits per heavy atom. The van der Waals surface area contributed by atoms with Gasteiger partial charge in [-0.05, 0) is 6.92 Å². The number of ether oxygens (including phenoxy) is 2. The predicted octanol–water partition coefficient (Wildman–Crippen LogP) is 1.57. The largest absolute Gasteiger partial charge is 0.501 e. The van der Waals surface area contributed by atoms with Gasteiger partial charge in [-0.15, -0.1) is 0 Å². The number of hydrogen-bond donors (Lipinski definition) is 0. The first-order valence-corrected chi connectivity index (χ1v) is 3.69. The van der Waals surface area contributed by atoms with Gasteiger partial charge in [-0.25, -0.2) is 0 Å². The van der Waals surface area contributed by atoms with E-state index in [0.717, 1.165) is 13.2 Å². The standard InChI is InChI=1S/C8H14O2/c1-3-4-9-5-7(2)8-6-10-8/h3-4,7-8H,5-6H2,1-2H3. The average Bonchev–Trinajstić information content (AvgIpc) is 2.69. The summed E-state index contributed by atoms with van der Waals surface area (Å²) in [6.45, 7) is 5.77. The minimum atomic E-state index is 0.463. The van der Waals surface area contributed by atoms with E-state index < -0.39 is 0 Å². The third kappa shape index (κ3) is 2.40. The van der Waals surface area contributed by atoms with Crippen molar-refractivity contribution in [3.05, 3.63) is 12.3 Å². The monoisotopic (exact) mass is 142 g/mol. The van der Waals surface area contributed by atoms with E-state index in [-0.39, 0.29) is 0 Å². The molecule has 0 aromatic heterocycles. The Bertz CT molecular complexity index is 116. The average molecular weight is 142 g/mol. The second-order valence-corrected chi connectivity index (χ2v) is 2.65. The lowest BCUT2D eigenvalue weighted by atomic mass is 10.1. The van der Waals surface area contributed by atoms with Crippen molar-refractivity contribution in [2.24, 2.45) is 5.92 Å². The molecule has 2 heteroatoms. The van der Waals surface area contributed by atoms with Gasteiger partial charge in [0.05, 0.1) is 25.6 Å². The normalized spacial score (nSPS) is 26.8. The third-order valence-electron chi connectivity index (χ3n) is 1.59. The number of hydrogen-bond acceptors (Lipinski definition) is 2. The van der Waals surface area contributed by atoms with E-state index in [0.29, 0.717) is 12.0 Å². The molecule has 10 heavy (non-hydrogen) atoms. The van der Waals surface area contributed by atoms with E-state index >= 15 is 0 Å². The fraction of sp³-hybridized carbons (Fsp3) is 0.750. The summed E-state index contributed by atoms with van der Waals surface area (Å²) in [5, 5.41) is 0. The van der Waals surface area contributed by atoms with Crippen LogP contribution in [-0.2, 0) is 9.47 Å². The molecule has 1 aliphatic heterocycles. The second kappa shape index (κ2) is 3.62. The summed E-state index contributed by atoms with van der Waals surface area (Å²) in [7, 11) is 0. The molecule has 0 saturated carbocycles. The van der Waals surface area contributed by atoms with Gasteiger partial charge < -0.3 is 9.47 Å². The molecule has 0 N–H and O–H groups in total. The molecule has 0 bridgehead atoms. The van der Waals surface area contributed by atoms with E-state index in [2.05, 4.69) is 6.92 Å². The lowest BCUT2D eigenvalue weighted by Crippen LogP contribution is -2.09. The molecule has 1 saturated heterocycles. The molecule has 0 aliphatic carbocycles. The highest BCUT2D eigenvalue weighted by atomic mass is 16.6. The smallest absolute Gasteiger partial charge is 0.0924 e. The molecular formula is C8H14O2. The SMILES string of the molecule is CC=COCC(C)C1CO1. The van der Waals surface area contributed by atoms with Crippen LogP contribution in [0.1, 0.15) is 13.8 Å². The molecule has 0 spiro atoms. The highest BCUT2D eigenvalue weighted by molar-refractivity contribution is 4.76. The van der Waals surface area contributed by atoms with Crippen LogP contribution in [0.15, 0.2) is 12.3 Å². The molecule has 1 heterocycles. The van der Waals surface area contributed by atoms with Gasteiger partial charge in [0.25, 0.3) is 0 Å². The van der Waals surface area contributed by atoms with Crippen LogP contribution in [0.4, 0.5) is 0 Å². The van der Waals surface area contributed by atoms with Crippen molar-refractivity contribution in [1.82, 2.24) is 0 Å². The molecule has 1 rings (SSSR count). The van der Waals surface area contributed by atoms with Crippen LogP contribution in [0.5, 0.6) is 0 Å². The van der Waals surface area contributed by atoms with Crippen LogP contribution >= 0.6 is 0 Å². The summed E-state index contributed by atoms with van der Waals surface area (Å²) in [5.74, 6) is 0.538. The number of rotatable bonds is 4. The van der Waals surface area contributed by atoms with Crippen LogP contribution < -0.4 is 0 Å². The Morgan fingerprint density at radius 2 is 2.50 bits per heavy atom. The molecule has 2 nitrogen and oxygen atoms in total. The molecule has 0 aromatic rings. The first-order chi connectivity index (χ1) is 4.84.